The molecule has 0 fully saturated rings. The molecule has 0 spiro atoms. The maximum Gasteiger partial charge on any atom is 0.239 e. The molecule has 1 aromatic carbocycles. The van der Waals surface area contributed by atoms with Crippen LogP contribution in [0.1, 0.15) is 39.8 Å². The summed E-state index contributed by atoms with van der Waals surface area (Å²) in [6.07, 6.45) is 3.30. The molecule has 136 valence electrons. The van der Waals surface area contributed by atoms with E-state index in [-0.39, 0.29) is 18.2 Å². The summed E-state index contributed by atoms with van der Waals surface area (Å²) < 4.78 is 1.88. The van der Waals surface area contributed by atoms with Gasteiger partial charge in [0.1, 0.15) is 16.6 Å². The Morgan fingerprint density at radius 3 is 2.73 bits per heavy atom. The third-order valence-electron chi connectivity index (χ3n) is 4.28. The first-order valence-corrected chi connectivity index (χ1v) is 9.48. The highest BCUT2D eigenvalue weighted by molar-refractivity contribution is 7.11. The van der Waals surface area contributed by atoms with Gasteiger partial charge in [-0.1, -0.05) is 25.1 Å². The summed E-state index contributed by atoms with van der Waals surface area (Å²) in [5, 5.41) is 13.7. The number of ketones is 1. The van der Waals surface area contributed by atoms with Crippen molar-refractivity contribution in [3.8, 4) is 0 Å². The molecule has 1 N–H and O–H groups in total. The highest BCUT2D eigenvalue weighted by atomic mass is 32.1. The summed E-state index contributed by atoms with van der Waals surface area (Å²) in [4.78, 5) is 24.3. The molecule has 0 unspecified atom stereocenters. The molecular formula is C19H22N4O2S. The molecule has 0 aliphatic heterocycles. The van der Waals surface area contributed by atoms with Crippen LogP contribution < -0.4 is 5.32 Å². The largest absolute Gasteiger partial charge is 0.354 e. The van der Waals surface area contributed by atoms with Crippen LogP contribution in [-0.2, 0) is 24.2 Å². The van der Waals surface area contributed by atoms with Crippen molar-refractivity contribution in [1.82, 2.24) is 20.1 Å². The summed E-state index contributed by atoms with van der Waals surface area (Å²) in [5.41, 5.74) is 2.76. The van der Waals surface area contributed by atoms with Gasteiger partial charge in [0.15, 0.2) is 5.78 Å². The normalized spacial score (nSPS) is 11.0. The van der Waals surface area contributed by atoms with Crippen LogP contribution >= 0.6 is 11.3 Å². The van der Waals surface area contributed by atoms with Crippen molar-refractivity contribution >= 4 is 33.9 Å². The number of aryl methyl sites for hydroxylation is 2. The maximum absolute atomic E-state index is 12.4. The number of nitrogens with one attached hydrogen (secondary N) is 1. The Kier molecular flexibility index (Phi) is 5.46. The van der Waals surface area contributed by atoms with E-state index < -0.39 is 0 Å². The number of hydrogen-bond donors (Lipinski definition) is 1. The minimum absolute atomic E-state index is 0.00838. The fraction of sp³-hybridized carbons (Fsp3) is 0.368. The second-order valence-corrected chi connectivity index (χ2v) is 7.47. The third-order valence-corrected chi connectivity index (χ3v) is 5.18. The van der Waals surface area contributed by atoms with E-state index in [1.165, 1.54) is 0 Å². The Morgan fingerprint density at radius 2 is 2.08 bits per heavy atom. The van der Waals surface area contributed by atoms with E-state index in [0.29, 0.717) is 18.5 Å². The first kappa shape index (κ1) is 18.3. The molecule has 0 saturated heterocycles. The van der Waals surface area contributed by atoms with E-state index in [9.17, 15) is 9.59 Å². The topological polar surface area (TPSA) is 76.9 Å². The van der Waals surface area contributed by atoms with Crippen molar-refractivity contribution in [3.63, 3.8) is 0 Å². The Hall–Kier alpha value is -2.54. The molecule has 0 radical (unpaired) electrons. The highest BCUT2D eigenvalue weighted by Crippen LogP contribution is 2.25. The van der Waals surface area contributed by atoms with E-state index in [1.807, 2.05) is 29.7 Å². The maximum atomic E-state index is 12.4. The zero-order valence-electron chi connectivity index (χ0n) is 15.2. The molecule has 0 atom stereocenters. The molecule has 0 saturated carbocycles. The second kappa shape index (κ2) is 7.78. The number of benzene rings is 1. The van der Waals surface area contributed by atoms with E-state index in [4.69, 9.17) is 0 Å². The van der Waals surface area contributed by atoms with Crippen molar-refractivity contribution in [2.24, 2.45) is 0 Å². The number of rotatable bonds is 7. The van der Waals surface area contributed by atoms with Crippen LogP contribution in [-0.4, -0.2) is 33.0 Å². The molecule has 2 aromatic heterocycles. The van der Waals surface area contributed by atoms with Gasteiger partial charge in [-0.05, 0) is 25.8 Å². The molecule has 6 nitrogen and oxygen atoms in total. The van der Waals surface area contributed by atoms with Crippen LogP contribution in [0.5, 0.6) is 0 Å². The van der Waals surface area contributed by atoms with Gasteiger partial charge in [0.05, 0.1) is 5.52 Å². The van der Waals surface area contributed by atoms with Crippen LogP contribution in [0.2, 0.25) is 0 Å². The number of aromatic nitrogens is 3. The Morgan fingerprint density at radius 1 is 1.27 bits per heavy atom. The first-order valence-electron chi connectivity index (χ1n) is 8.67. The van der Waals surface area contributed by atoms with Gasteiger partial charge in [0.2, 0.25) is 5.91 Å². The lowest BCUT2D eigenvalue weighted by Gasteiger charge is -2.09. The van der Waals surface area contributed by atoms with Gasteiger partial charge >= 0.3 is 0 Å². The smallest absolute Gasteiger partial charge is 0.239 e. The number of para-hydroxylation sites is 1. The minimum Gasteiger partial charge on any atom is -0.354 e. The predicted molar refractivity (Wildman–Crippen MR) is 103 cm³/mol. The highest BCUT2D eigenvalue weighted by Gasteiger charge is 2.16. The molecule has 3 aromatic rings. The molecule has 0 bridgehead atoms. The fourth-order valence-corrected chi connectivity index (χ4v) is 3.79. The van der Waals surface area contributed by atoms with Crippen molar-refractivity contribution < 1.29 is 9.59 Å². The summed E-state index contributed by atoms with van der Waals surface area (Å²) in [7, 11) is 0. The Bertz CT molecular complexity index is 958. The molecule has 7 heteroatoms. The van der Waals surface area contributed by atoms with Gasteiger partial charge < -0.3 is 9.88 Å². The number of Topliss-reactive ketones (excluding diaryl/α,β-unsaturated/α-hetero) is 1. The van der Waals surface area contributed by atoms with Crippen molar-refractivity contribution in [1.29, 1.82) is 0 Å². The van der Waals surface area contributed by atoms with Crippen LogP contribution in [0, 0.1) is 6.92 Å². The van der Waals surface area contributed by atoms with Crippen LogP contribution in [0.4, 0.5) is 0 Å². The SMILES string of the molecule is CCc1cccc2c(C(C)=O)cn(CC(=O)NCCc3nnc(C)s3)c12. The number of hydrogen-bond acceptors (Lipinski definition) is 5. The van der Waals surface area contributed by atoms with Crippen LogP contribution in [0.15, 0.2) is 24.4 Å². The van der Waals surface area contributed by atoms with E-state index in [1.54, 1.807) is 24.5 Å². The lowest BCUT2D eigenvalue weighted by molar-refractivity contribution is -0.121. The molecule has 0 aliphatic carbocycles. The van der Waals surface area contributed by atoms with E-state index in [2.05, 4.69) is 22.4 Å². The lowest BCUT2D eigenvalue weighted by atomic mass is 10.1. The predicted octanol–water partition coefficient (Wildman–Crippen LogP) is 2.93. The van der Waals surface area contributed by atoms with Gasteiger partial charge in [0.25, 0.3) is 0 Å². The minimum atomic E-state index is -0.0795. The van der Waals surface area contributed by atoms with Gasteiger partial charge in [0, 0.05) is 30.1 Å². The Balaban J connectivity index is 1.75. The molecule has 26 heavy (non-hydrogen) atoms. The number of fused-ring (bicyclic) bond motifs is 1. The van der Waals surface area contributed by atoms with Gasteiger partial charge in [-0.25, -0.2) is 0 Å². The quantitative estimate of drug-likeness (QED) is 0.649. The number of carbonyl (C=O) groups is 2. The average Bonchev–Trinajstić information content (AvgIpc) is 3.18. The Labute approximate surface area is 156 Å². The summed E-state index contributed by atoms with van der Waals surface area (Å²) in [5.74, 6) is -0.0711. The zero-order chi connectivity index (χ0) is 18.7. The van der Waals surface area contributed by atoms with Gasteiger partial charge in [-0.2, -0.15) is 0 Å². The molecule has 3 rings (SSSR count). The average molecular weight is 370 g/mol. The monoisotopic (exact) mass is 370 g/mol. The standard InChI is InChI=1S/C19H22N4O2S/c1-4-14-6-5-7-15-16(12(2)24)10-23(19(14)15)11-17(25)20-9-8-18-22-21-13(3)26-18/h5-7,10H,4,8-9,11H2,1-3H3,(H,20,25). The van der Waals surface area contributed by atoms with Crippen molar-refractivity contribution in [2.75, 3.05) is 6.54 Å². The zero-order valence-corrected chi connectivity index (χ0v) is 16.0. The van der Waals surface area contributed by atoms with E-state index >= 15 is 0 Å². The summed E-state index contributed by atoms with van der Waals surface area (Å²) >= 11 is 1.54. The molecule has 1 amide bonds. The molecule has 2 heterocycles. The number of nitrogens with zero attached hydrogens (tertiary/aromatic N) is 3. The first-order chi connectivity index (χ1) is 12.5. The third kappa shape index (κ3) is 3.83. The van der Waals surface area contributed by atoms with Crippen molar-refractivity contribution in [2.45, 2.75) is 40.2 Å². The van der Waals surface area contributed by atoms with Crippen molar-refractivity contribution in [3.05, 3.63) is 45.5 Å². The second-order valence-electron chi connectivity index (χ2n) is 6.21. The lowest BCUT2D eigenvalue weighted by Crippen LogP contribution is -2.29. The van der Waals surface area contributed by atoms with Crippen LogP contribution in [0.25, 0.3) is 10.9 Å². The van der Waals surface area contributed by atoms with E-state index in [0.717, 1.165) is 32.9 Å². The van der Waals surface area contributed by atoms with Crippen LogP contribution in [0.3, 0.4) is 0 Å². The van der Waals surface area contributed by atoms with Gasteiger partial charge in [-0.3, -0.25) is 9.59 Å². The summed E-state index contributed by atoms with van der Waals surface area (Å²) in [6.45, 7) is 6.25. The molecular weight excluding hydrogens is 348 g/mol. The van der Waals surface area contributed by atoms with Gasteiger partial charge in [-0.15, -0.1) is 21.5 Å². The summed E-state index contributed by atoms with van der Waals surface area (Å²) in [6, 6.07) is 5.94. The number of amides is 1. The fourth-order valence-electron chi connectivity index (χ4n) is 3.09. The molecule has 0 aliphatic rings. The number of carbonyl (C=O) groups excluding carboxylic acids is 2.